The highest BCUT2D eigenvalue weighted by molar-refractivity contribution is 5.94. The van der Waals surface area contributed by atoms with Gasteiger partial charge < -0.3 is 46.9 Å². The van der Waals surface area contributed by atoms with Crippen LogP contribution in [-0.4, -0.2) is 116 Å². The summed E-state index contributed by atoms with van der Waals surface area (Å²) in [5, 5.41) is 14.2. The number of benzene rings is 1. The Morgan fingerprint density at radius 2 is 1.19 bits per heavy atom. The summed E-state index contributed by atoms with van der Waals surface area (Å²) < 4.78 is 5.24. The van der Waals surface area contributed by atoms with Crippen LogP contribution in [0.2, 0.25) is 0 Å². The first kappa shape index (κ1) is 60.4. The number of unbranched alkanes of at least 4 members (excludes halogenated alkanes) is 19. The molecule has 392 valence electrons. The van der Waals surface area contributed by atoms with Crippen molar-refractivity contribution in [1.82, 2.24) is 36.4 Å². The fourth-order valence-electron chi connectivity index (χ4n) is 8.61. The minimum absolute atomic E-state index is 0.0638. The lowest BCUT2D eigenvalue weighted by molar-refractivity contribution is -0.144. The molecular weight excluding hydrogens is 877 g/mol. The maximum Gasteiger partial charge on any atom is 0.407 e. The molecule has 3 atom stereocenters. The zero-order chi connectivity index (χ0) is 50.3. The van der Waals surface area contributed by atoms with Crippen molar-refractivity contribution in [2.45, 2.75) is 212 Å². The van der Waals surface area contributed by atoms with Crippen LogP contribution in [0.25, 0.3) is 0 Å². The monoisotopic (exact) mass is 969 g/mol. The van der Waals surface area contributed by atoms with E-state index in [4.69, 9.17) is 10.5 Å². The summed E-state index contributed by atoms with van der Waals surface area (Å²) in [4.78, 5) is 95.0. The maximum absolute atomic E-state index is 13.9. The summed E-state index contributed by atoms with van der Waals surface area (Å²) in [5.74, 6) is -2.47. The largest absolute Gasteiger partial charge is 0.445 e. The molecule has 3 unspecified atom stereocenters. The summed E-state index contributed by atoms with van der Waals surface area (Å²) in [6.07, 6.45) is 25.5. The predicted molar refractivity (Wildman–Crippen MR) is 273 cm³/mol. The van der Waals surface area contributed by atoms with Crippen LogP contribution in [-0.2, 0) is 40.1 Å². The molecule has 0 saturated carbocycles. The summed E-state index contributed by atoms with van der Waals surface area (Å²) in [6.45, 7) is 5.55. The van der Waals surface area contributed by atoms with Crippen LogP contribution in [0.4, 0.5) is 4.79 Å². The molecule has 2 rings (SSSR count). The number of likely N-dealkylation sites (tertiary alicyclic amines) is 1. The van der Waals surface area contributed by atoms with E-state index in [0.29, 0.717) is 51.9 Å². The first-order valence-corrected chi connectivity index (χ1v) is 26.8. The summed E-state index contributed by atoms with van der Waals surface area (Å²) in [6, 6.07) is 6.52. The zero-order valence-corrected chi connectivity index (χ0v) is 42.9. The second kappa shape index (κ2) is 39.0. The molecule has 0 spiro atoms. The average Bonchev–Trinajstić information content (AvgIpc) is 3.86. The Morgan fingerprint density at radius 3 is 1.77 bits per heavy atom. The minimum atomic E-state index is -0.965. The van der Waals surface area contributed by atoms with Gasteiger partial charge in [0.25, 0.3) is 0 Å². The van der Waals surface area contributed by atoms with Gasteiger partial charge >= 0.3 is 6.09 Å². The number of nitrogens with two attached hydrogens (primary N) is 1. The van der Waals surface area contributed by atoms with Gasteiger partial charge in [-0.05, 0) is 56.9 Å². The van der Waals surface area contributed by atoms with Crippen LogP contribution in [0.3, 0.4) is 0 Å². The highest BCUT2D eigenvalue weighted by atomic mass is 16.5. The molecule has 16 heteroatoms. The molecule has 69 heavy (non-hydrogen) atoms. The number of amides is 7. The number of ether oxygens (including phenoxy) is 1. The lowest BCUT2D eigenvalue weighted by atomic mass is 10.1. The molecule has 7 N–H and O–H groups in total. The number of rotatable bonds is 40. The van der Waals surface area contributed by atoms with E-state index in [9.17, 15) is 33.6 Å². The number of carbonyl (C=O) groups excluding carboxylic acids is 7. The Hall–Kier alpha value is -4.73. The van der Waals surface area contributed by atoms with Crippen molar-refractivity contribution in [3.05, 3.63) is 35.9 Å². The van der Waals surface area contributed by atoms with Crippen molar-refractivity contribution in [1.29, 1.82) is 0 Å². The number of nitrogens with one attached hydrogen (secondary N) is 5. The third kappa shape index (κ3) is 28.5. The second-order valence-electron chi connectivity index (χ2n) is 18.9. The third-order valence-electron chi connectivity index (χ3n) is 12.8. The summed E-state index contributed by atoms with van der Waals surface area (Å²) >= 11 is 0. The molecule has 16 nitrogen and oxygen atoms in total. The first-order chi connectivity index (χ1) is 33.5. The molecule has 7 amide bonds. The molecule has 1 fully saturated rings. The Morgan fingerprint density at radius 1 is 0.652 bits per heavy atom. The Balaban J connectivity index is 1.92. The highest BCUT2D eigenvalue weighted by Gasteiger charge is 2.37. The molecule has 1 aliphatic rings. The molecule has 1 aromatic carbocycles. The van der Waals surface area contributed by atoms with Gasteiger partial charge in [0.15, 0.2) is 0 Å². The van der Waals surface area contributed by atoms with Crippen LogP contribution in [0.15, 0.2) is 30.3 Å². The molecule has 1 heterocycles. The SMILES string of the molecule is CCCCCCCCCCCCNC(=O)CCC(NC(=O)C1CCCN1C(=O)CN(C)C(=O)C(CCCCNC(=O)OCc1ccccc1)NC(=O)CN)C(=O)NCCCCCCCCCCCC. The standard InChI is InChI=1S/C53H92N8O8/c1-4-6-8-10-12-14-16-18-20-26-36-55-47(62)35-34-44(50(65)56-37-27-21-19-17-15-13-11-9-7-5-2)59-51(66)46-33-29-39-61(46)49(64)41-60(3)52(67)45(58-48(63)40-54)32-25-28-38-57-53(68)69-42-43-30-23-22-24-31-43/h22-24,30-31,44-46H,4-21,25-29,32-42,54H2,1-3H3,(H,55,62)(H,56,65)(H,57,68)(H,58,63)(H,59,66). The molecule has 0 aromatic heterocycles. The number of nitrogens with zero attached hydrogens (tertiary/aromatic N) is 2. The Kier molecular flexibility index (Phi) is 34.2. The second-order valence-corrected chi connectivity index (χ2v) is 18.9. The Labute approximate surface area is 414 Å². The lowest BCUT2D eigenvalue weighted by Crippen LogP contribution is -2.55. The van der Waals surface area contributed by atoms with Gasteiger partial charge in [-0.3, -0.25) is 28.8 Å². The van der Waals surface area contributed by atoms with Gasteiger partial charge in [-0.25, -0.2) is 4.79 Å². The number of alkyl carbamates (subject to hydrolysis) is 1. The zero-order valence-electron chi connectivity index (χ0n) is 42.9. The van der Waals surface area contributed by atoms with Crippen molar-refractivity contribution < 1.29 is 38.3 Å². The van der Waals surface area contributed by atoms with Gasteiger partial charge in [0.2, 0.25) is 35.4 Å². The van der Waals surface area contributed by atoms with Crippen LogP contribution in [0.5, 0.6) is 0 Å². The molecule has 1 aromatic rings. The molecule has 0 radical (unpaired) electrons. The van der Waals surface area contributed by atoms with Crippen LogP contribution < -0.4 is 32.3 Å². The van der Waals surface area contributed by atoms with E-state index >= 15 is 0 Å². The summed E-state index contributed by atoms with van der Waals surface area (Å²) in [5.41, 5.74) is 6.41. The number of hydrogen-bond acceptors (Lipinski definition) is 9. The number of likely N-dealkylation sites (N-methyl/N-ethyl adjacent to an activating group) is 1. The molecule has 1 aliphatic heterocycles. The maximum atomic E-state index is 13.9. The predicted octanol–water partition coefficient (Wildman–Crippen LogP) is 7.32. The van der Waals surface area contributed by atoms with Crippen molar-refractivity contribution in [2.75, 3.05) is 46.3 Å². The van der Waals surface area contributed by atoms with Crippen LogP contribution in [0.1, 0.15) is 193 Å². The number of carbonyl (C=O) groups is 7. The molecule has 1 saturated heterocycles. The topological polar surface area (TPSA) is 221 Å². The van der Waals surface area contributed by atoms with E-state index < -0.39 is 47.8 Å². The van der Waals surface area contributed by atoms with Crippen LogP contribution in [0, 0.1) is 0 Å². The lowest BCUT2D eigenvalue weighted by Gasteiger charge is -2.29. The quantitative estimate of drug-likeness (QED) is 0.0363. The van der Waals surface area contributed by atoms with Gasteiger partial charge in [-0.15, -0.1) is 0 Å². The van der Waals surface area contributed by atoms with Crippen molar-refractivity contribution in [3.63, 3.8) is 0 Å². The average molecular weight is 969 g/mol. The highest BCUT2D eigenvalue weighted by Crippen LogP contribution is 2.19. The van der Waals surface area contributed by atoms with Crippen molar-refractivity contribution >= 4 is 41.5 Å². The van der Waals surface area contributed by atoms with Crippen molar-refractivity contribution in [3.8, 4) is 0 Å². The first-order valence-electron chi connectivity index (χ1n) is 26.8. The molecule has 0 bridgehead atoms. The van der Waals surface area contributed by atoms with E-state index in [1.165, 1.54) is 107 Å². The Bertz CT molecular complexity index is 1600. The van der Waals surface area contributed by atoms with Gasteiger partial charge in [-0.2, -0.15) is 0 Å². The normalized spacial score (nSPS) is 14.1. The number of hydrogen-bond donors (Lipinski definition) is 6. The third-order valence-corrected chi connectivity index (χ3v) is 12.8. The van der Waals surface area contributed by atoms with Crippen LogP contribution >= 0.6 is 0 Å². The van der Waals surface area contributed by atoms with Gasteiger partial charge in [0, 0.05) is 39.6 Å². The fraction of sp³-hybridized carbons (Fsp3) is 0.755. The fourth-order valence-corrected chi connectivity index (χ4v) is 8.61. The van der Waals surface area contributed by atoms with Gasteiger partial charge in [-0.1, -0.05) is 160 Å². The smallest absolute Gasteiger partial charge is 0.407 e. The van der Waals surface area contributed by atoms with E-state index in [2.05, 4.69) is 40.4 Å². The van der Waals surface area contributed by atoms with Gasteiger partial charge in [0.1, 0.15) is 24.7 Å². The van der Waals surface area contributed by atoms with E-state index in [-0.39, 0.29) is 50.8 Å². The van der Waals surface area contributed by atoms with E-state index in [0.717, 1.165) is 44.1 Å². The van der Waals surface area contributed by atoms with Gasteiger partial charge in [0.05, 0.1) is 13.1 Å². The molecule has 0 aliphatic carbocycles. The van der Waals surface area contributed by atoms with Crippen molar-refractivity contribution in [2.24, 2.45) is 5.73 Å². The minimum Gasteiger partial charge on any atom is -0.445 e. The molecular formula is C53H92N8O8. The van der Waals surface area contributed by atoms with E-state index in [1.807, 2.05) is 30.3 Å². The van der Waals surface area contributed by atoms with E-state index in [1.54, 1.807) is 0 Å². The summed E-state index contributed by atoms with van der Waals surface area (Å²) in [7, 11) is 1.47.